The van der Waals surface area contributed by atoms with Crippen molar-refractivity contribution in [3.8, 4) is 16.9 Å². The van der Waals surface area contributed by atoms with Gasteiger partial charge in [-0.2, -0.15) is 0 Å². The van der Waals surface area contributed by atoms with Crippen LogP contribution in [0.1, 0.15) is 115 Å². The lowest BCUT2D eigenvalue weighted by atomic mass is 9.44. The van der Waals surface area contributed by atoms with Gasteiger partial charge in [-0.1, -0.05) is 86.1 Å². The molecule has 8 heteroatoms. The van der Waals surface area contributed by atoms with E-state index in [-0.39, 0.29) is 46.8 Å². The van der Waals surface area contributed by atoms with Gasteiger partial charge in [0.05, 0.1) is 5.56 Å². The van der Waals surface area contributed by atoms with Gasteiger partial charge in [-0.3, -0.25) is 19.2 Å². The van der Waals surface area contributed by atoms with Crippen LogP contribution < -0.4 is 0 Å². The third kappa shape index (κ3) is 5.73. The monoisotopic (exact) mass is 684 g/mol. The summed E-state index contributed by atoms with van der Waals surface area (Å²) in [6.45, 7) is 16.4. The van der Waals surface area contributed by atoms with Crippen LogP contribution in [0.2, 0.25) is 0 Å². The van der Waals surface area contributed by atoms with Crippen LogP contribution in [0, 0.1) is 28.1 Å². The van der Waals surface area contributed by atoms with E-state index in [4.69, 9.17) is 0 Å². The van der Waals surface area contributed by atoms with Crippen LogP contribution in [0.25, 0.3) is 11.1 Å². The van der Waals surface area contributed by atoms with E-state index in [2.05, 4.69) is 39.8 Å². The summed E-state index contributed by atoms with van der Waals surface area (Å²) < 4.78 is 0. The minimum Gasteiger partial charge on any atom is -0.511 e. The molecule has 0 aromatic heterocycles. The smallest absolute Gasteiger partial charge is 0.209 e. The molecule has 5 rings (SSSR count). The Morgan fingerprint density at radius 1 is 0.980 bits per heavy atom. The van der Waals surface area contributed by atoms with Gasteiger partial charge in [0.15, 0.2) is 17.2 Å². The van der Waals surface area contributed by atoms with Crippen molar-refractivity contribution in [2.24, 2.45) is 28.1 Å². The zero-order valence-corrected chi connectivity index (χ0v) is 30.9. The van der Waals surface area contributed by atoms with Crippen molar-refractivity contribution in [3.05, 3.63) is 75.3 Å². The maximum absolute atomic E-state index is 14.5. The third-order valence-electron chi connectivity index (χ3n) is 11.3. The van der Waals surface area contributed by atoms with E-state index in [9.17, 15) is 39.6 Å². The number of phenols is 1. The maximum Gasteiger partial charge on any atom is 0.209 e. The lowest BCUT2D eigenvalue weighted by Crippen LogP contribution is -2.67. The van der Waals surface area contributed by atoms with Crippen molar-refractivity contribution >= 4 is 23.1 Å². The molecule has 0 amide bonds. The summed E-state index contributed by atoms with van der Waals surface area (Å²) in [5.41, 5.74) is -1.79. The fraction of sp³-hybridized carbons (Fsp3) is 0.524. The van der Waals surface area contributed by atoms with Gasteiger partial charge in [-0.15, -0.1) is 0 Å². The van der Waals surface area contributed by atoms with Gasteiger partial charge in [-0.05, 0) is 77.8 Å². The van der Waals surface area contributed by atoms with Crippen molar-refractivity contribution in [1.29, 1.82) is 0 Å². The molecule has 0 saturated carbocycles. The normalized spacial score (nSPS) is 26.6. The van der Waals surface area contributed by atoms with Gasteiger partial charge in [-0.25, -0.2) is 0 Å². The highest BCUT2D eigenvalue weighted by molar-refractivity contribution is 6.25. The van der Waals surface area contributed by atoms with Crippen LogP contribution in [-0.2, 0) is 33.6 Å². The zero-order chi connectivity index (χ0) is 37.3. The van der Waals surface area contributed by atoms with Gasteiger partial charge in [0.25, 0.3) is 0 Å². The van der Waals surface area contributed by atoms with Gasteiger partial charge >= 0.3 is 0 Å². The number of hydrogen-bond acceptors (Lipinski definition) is 8. The van der Waals surface area contributed by atoms with Crippen molar-refractivity contribution in [2.75, 3.05) is 0 Å². The van der Waals surface area contributed by atoms with E-state index in [1.165, 1.54) is 6.07 Å². The largest absolute Gasteiger partial charge is 0.511 e. The van der Waals surface area contributed by atoms with Crippen LogP contribution in [0.4, 0.5) is 0 Å². The highest BCUT2D eigenvalue weighted by Gasteiger charge is 2.71. The number of fused-ring (bicyclic) bond motifs is 3. The molecule has 0 spiro atoms. The molecule has 4 N–H and O–H groups in total. The second-order valence-corrected chi connectivity index (χ2v) is 17.0. The Morgan fingerprint density at radius 2 is 1.64 bits per heavy atom. The summed E-state index contributed by atoms with van der Waals surface area (Å²) in [7, 11) is 0. The molecule has 0 heterocycles. The standard InChI is InChI=1S/C42H52O8/c1-10-11-24-12-13-26(18-25(24)14-15-27(44)19-39(5,6)7)28-16-17-30(45)32-29(28)20-40(8)21-41(9)33(22(2)3)35(46)31(23(4)43)37(48)42(41,50)38(49)34(40)36(32)47/h12-13,16-18,22,33,45-46,49-50H,10-11,14-15,19-21H2,1-9H3/t33?,40-,41-,42+/m1/s1. The Hall–Kier alpha value is -4.04. The Bertz CT molecular complexity index is 1870. The summed E-state index contributed by atoms with van der Waals surface area (Å²) in [6.07, 6.45) is 3.48. The van der Waals surface area contributed by atoms with E-state index < -0.39 is 56.8 Å². The first-order chi connectivity index (χ1) is 23.1. The van der Waals surface area contributed by atoms with Crippen LogP contribution in [0.5, 0.6) is 5.75 Å². The van der Waals surface area contributed by atoms with E-state index in [0.717, 1.165) is 42.0 Å². The van der Waals surface area contributed by atoms with Gasteiger partial charge in [0.1, 0.15) is 28.6 Å². The lowest BCUT2D eigenvalue weighted by molar-refractivity contribution is -0.171. The first kappa shape index (κ1) is 37.2. The molecule has 268 valence electrons. The molecule has 3 aliphatic carbocycles. The van der Waals surface area contributed by atoms with Crippen LogP contribution in [-0.4, -0.2) is 49.2 Å². The average Bonchev–Trinajstić information content (AvgIpc) is 2.97. The Kier molecular flexibility index (Phi) is 9.40. The first-order valence-corrected chi connectivity index (χ1v) is 17.8. The Balaban J connectivity index is 1.67. The molecule has 0 bridgehead atoms. The maximum atomic E-state index is 14.5. The summed E-state index contributed by atoms with van der Waals surface area (Å²) in [5, 5.41) is 46.8. The molecule has 4 atom stereocenters. The van der Waals surface area contributed by atoms with Gasteiger partial charge < -0.3 is 20.4 Å². The number of aryl methyl sites for hydroxylation is 2. The predicted octanol–water partition coefficient (Wildman–Crippen LogP) is 7.90. The molecule has 3 aliphatic rings. The topological polar surface area (TPSA) is 149 Å². The third-order valence-corrected chi connectivity index (χ3v) is 11.3. The molecule has 0 saturated heterocycles. The predicted molar refractivity (Wildman–Crippen MR) is 192 cm³/mol. The van der Waals surface area contributed by atoms with E-state index in [1.54, 1.807) is 19.9 Å². The number of Topliss-reactive ketones (excluding diaryl/α,β-unsaturated/α-hetero) is 4. The van der Waals surface area contributed by atoms with Crippen molar-refractivity contribution in [1.82, 2.24) is 0 Å². The molecular formula is C42H52O8. The van der Waals surface area contributed by atoms with Crippen molar-refractivity contribution in [2.45, 2.75) is 113 Å². The molecule has 8 nitrogen and oxygen atoms in total. The summed E-state index contributed by atoms with van der Waals surface area (Å²) in [4.78, 5) is 54.0. The summed E-state index contributed by atoms with van der Waals surface area (Å²) >= 11 is 0. The number of hydrogen-bond donors (Lipinski definition) is 4. The second kappa shape index (κ2) is 12.6. The molecule has 2 aromatic carbocycles. The minimum atomic E-state index is -2.65. The highest BCUT2D eigenvalue weighted by atomic mass is 16.3. The second-order valence-electron chi connectivity index (χ2n) is 17.0. The average molecular weight is 685 g/mol. The number of rotatable bonds is 9. The quantitative estimate of drug-likeness (QED) is 0.195. The number of aromatic hydroxyl groups is 1. The fourth-order valence-electron chi connectivity index (χ4n) is 9.50. The summed E-state index contributed by atoms with van der Waals surface area (Å²) in [5.74, 6) is -5.15. The minimum absolute atomic E-state index is 0.0119. The Morgan fingerprint density at radius 3 is 2.22 bits per heavy atom. The molecule has 0 radical (unpaired) electrons. The molecular weight excluding hydrogens is 632 g/mol. The lowest BCUT2D eigenvalue weighted by Gasteiger charge is -2.59. The molecule has 0 aliphatic heterocycles. The van der Waals surface area contributed by atoms with Gasteiger partial charge in [0, 0.05) is 35.2 Å². The van der Waals surface area contributed by atoms with Crippen molar-refractivity contribution < 1.29 is 39.6 Å². The number of ketones is 4. The van der Waals surface area contributed by atoms with E-state index in [1.807, 2.05) is 19.9 Å². The fourth-order valence-corrected chi connectivity index (χ4v) is 9.50. The number of carbonyl (C=O) groups excluding carboxylic acids is 4. The molecule has 1 unspecified atom stereocenters. The number of allylic oxidation sites excluding steroid dienone is 2. The summed E-state index contributed by atoms with van der Waals surface area (Å²) in [6, 6.07) is 9.35. The van der Waals surface area contributed by atoms with Crippen LogP contribution in [0.15, 0.2) is 53.0 Å². The van der Waals surface area contributed by atoms with Gasteiger partial charge in [0.2, 0.25) is 5.78 Å². The van der Waals surface area contributed by atoms with Crippen LogP contribution >= 0.6 is 0 Å². The number of aliphatic hydroxyl groups is 3. The number of carbonyl (C=O) groups is 4. The van der Waals surface area contributed by atoms with Crippen molar-refractivity contribution in [3.63, 3.8) is 0 Å². The van der Waals surface area contributed by atoms with Crippen LogP contribution in [0.3, 0.4) is 0 Å². The zero-order valence-electron chi connectivity index (χ0n) is 30.9. The Labute approximate surface area is 295 Å². The highest BCUT2D eigenvalue weighted by Crippen LogP contribution is 2.65. The SMILES string of the molecule is CCCc1ccc(-c2ccc(O)c3c2C[C@]2(C)C[C@]4(C)C(C(C)C)C(O)=C(C(C)=O)C(=O)[C@]4(O)C(O)=C2C3=O)cc1CCC(=O)CC(C)(C)C. The number of benzene rings is 2. The molecule has 2 aromatic rings. The van der Waals surface area contributed by atoms with E-state index in [0.29, 0.717) is 24.8 Å². The molecule has 0 fully saturated rings. The number of phenolic OH excluding ortho intramolecular Hbond substituents is 1. The first-order valence-electron chi connectivity index (χ1n) is 17.8. The number of aliphatic hydroxyl groups excluding tert-OH is 2. The molecule has 50 heavy (non-hydrogen) atoms. The van der Waals surface area contributed by atoms with E-state index >= 15 is 0 Å².